The normalized spacial score (nSPS) is 12.9. The Morgan fingerprint density at radius 1 is 1.46 bits per heavy atom. The molecule has 13 heavy (non-hydrogen) atoms. The minimum Gasteiger partial charge on any atom is -0.768 e. The molecule has 7 heteroatoms. The molecule has 0 aromatic carbocycles. The largest absolute Gasteiger partial charge is 0.768 e. The second kappa shape index (κ2) is 4.31. The van der Waals surface area contributed by atoms with Crippen LogP contribution in [0.25, 0.3) is 0 Å². The van der Waals surface area contributed by atoms with Crippen molar-refractivity contribution in [1.29, 1.82) is 0 Å². The lowest BCUT2D eigenvalue weighted by Crippen LogP contribution is -1.98. The first kappa shape index (κ1) is 11.5. The first-order valence-corrected chi connectivity index (χ1v) is 6.51. The van der Waals surface area contributed by atoms with Crippen LogP contribution in [0.2, 0.25) is 0 Å². The van der Waals surface area contributed by atoms with Crippen molar-refractivity contribution < 1.29 is 13.6 Å². The maximum Gasteiger partial charge on any atom is 0.163 e. The van der Waals surface area contributed by atoms with E-state index in [1.165, 1.54) is 18.3 Å². The van der Waals surface area contributed by atoms with Gasteiger partial charge in [0.2, 0.25) is 0 Å². The van der Waals surface area contributed by atoms with Gasteiger partial charge in [-0.2, -0.15) is 0 Å². The van der Waals surface area contributed by atoms with E-state index in [0.29, 0.717) is 7.57 Å². The molecule has 0 fully saturated rings. The second-order valence-electron chi connectivity index (χ2n) is 2.14. The summed E-state index contributed by atoms with van der Waals surface area (Å²) in [5.74, 6) is -0.270. The van der Waals surface area contributed by atoms with Gasteiger partial charge in [0.15, 0.2) is 5.78 Å². The first-order valence-electron chi connectivity index (χ1n) is 3.03. The van der Waals surface area contributed by atoms with E-state index in [2.05, 4.69) is 31.9 Å². The summed E-state index contributed by atoms with van der Waals surface area (Å²) >= 11 is 4.99. The summed E-state index contributed by atoms with van der Waals surface area (Å²) in [4.78, 5) is 11.1. The number of thiophene rings is 1. The third-order valence-electron chi connectivity index (χ3n) is 1.30. The van der Waals surface area contributed by atoms with Gasteiger partial charge in [0.05, 0.1) is 18.0 Å². The van der Waals surface area contributed by atoms with Gasteiger partial charge < -0.3 is 4.55 Å². The molecular weight excluding hydrogens is 344 g/mol. The number of Topliss-reactive ketones (excluding diaryl/α,β-unsaturated/α-hetero) is 1. The zero-order valence-corrected chi connectivity index (χ0v) is 11.1. The average Bonchev–Trinajstić information content (AvgIpc) is 2.24. The molecule has 0 N–H and O–H groups in total. The highest BCUT2D eigenvalue weighted by Crippen LogP contribution is 2.38. The molecule has 1 unspecified atom stereocenters. The molecule has 0 aliphatic rings. The summed E-state index contributed by atoms with van der Waals surface area (Å²) in [6.45, 7) is 1.33. The monoisotopic (exact) mass is 345 g/mol. The lowest BCUT2D eigenvalue weighted by molar-refractivity contribution is 0.101. The van der Waals surface area contributed by atoms with Gasteiger partial charge in [-0.25, -0.2) is 0 Å². The zero-order valence-electron chi connectivity index (χ0n) is 6.30. The minimum absolute atomic E-state index is 0.0318. The summed E-state index contributed by atoms with van der Waals surface area (Å²) in [6.07, 6.45) is 0. The molecule has 0 aliphatic heterocycles. The van der Waals surface area contributed by atoms with Crippen molar-refractivity contribution in [3.63, 3.8) is 0 Å². The predicted octanol–water partition coefficient (Wildman–Crippen LogP) is 2.71. The van der Waals surface area contributed by atoms with Crippen LogP contribution in [-0.4, -0.2) is 14.5 Å². The Morgan fingerprint density at radius 3 is 2.31 bits per heavy atom. The molecule has 0 aliphatic carbocycles. The van der Waals surface area contributed by atoms with Crippen LogP contribution in [-0.2, 0) is 11.1 Å². The van der Waals surface area contributed by atoms with Crippen LogP contribution in [0, 0.1) is 0 Å². The molecule has 0 amide bonds. The smallest absolute Gasteiger partial charge is 0.163 e. The van der Waals surface area contributed by atoms with E-state index in [9.17, 15) is 13.6 Å². The van der Waals surface area contributed by atoms with Crippen molar-refractivity contribution >= 4 is 60.1 Å². The molecule has 1 aromatic rings. The van der Waals surface area contributed by atoms with Crippen molar-refractivity contribution in [2.45, 2.75) is 11.8 Å². The molecule has 0 saturated carbocycles. The van der Waals surface area contributed by atoms with Crippen LogP contribution in [0.3, 0.4) is 0 Å². The van der Waals surface area contributed by atoms with E-state index in [0.717, 1.165) is 0 Å². The van der Waals surface area contributed by atoms with Crippen LogP contribution >= 0.6 is 43.2 Å². The third kappa shape index (κ3) is 2.27. The fourth-order valence-electron chi connectivity index (χ4n) is 0.811. The SMILES string of the molecule is CC(=O)c1c(Br)sc(Br)c1S(=O)[O-]. The van der Waals surface area contributed by atoms with E-state index >= 15 is 0 Å². The van der Waals surface area contributed by atoms with Crippen LogP contribution < -0.4 is 0 Å². The maximum atomic E-state index is 11.1. The molecule has 0 radical (unpaired) electrons. The summed E-state index contributed by atoms with van der Waals surface area (Å²) < 4.78 is 22.5. The summed E-state index contributed by atoms with van der Waals surface area (Å²) in [6, 6.07) is 0. The summed E-state index contributed by atoms with van der Waals surface area (Å²) in [5, 5.41) is 0. The number of hydrogen-bond donors (Lipinski definition) is 0. The quantitative estimate of drug-likeness (QED) is 0.611. The number of rotatable bonds is 2. The number of halogens is 2. The molecule has 1 heterocycles. The fraction of sp³-hybridized carbons (Fsp3) is 0.167. The van der Waals surface area contributed by atoms with E-state index in [4.69, 9.17) is 0 Å². The van der Waals surface area contributed by atoms with Gasteiger partial charge in [-0.1, -0.05) is 0 Å². The van der Waals surface area contributed by atoms with Crippen molar-refractivity contribution in [1.82, 2.24) is 0 Å². The number of hydrogen-bond acceptors (Lipinski definition) is 4. The molecule has 72 valence electrons. The van der Waals surface area contributed by atoms with Gasteiger partial charge in [0.25, 0.3) is 0 Å². The summed E-state index contributed by atoms with van der Waals surface area (Å²) in [7, 11) is 0. The van der Waals surface area contributed by atoms with Crippen molar-refractivity contribution in [2.24, 2.45) is 0 Å². The second-order valence-corrected chi connectivity index (χ2v) is 6.68. The van der Waals surface area contributed by atoms with Gasteiger partial charge in [0, 0.05) is 0 Å². The third-order valence-corrected chi connectivity index (χ3v) is 4.96. The molecule has 0 spiro atoms. The highest BCUT2D eigenvalue weighted by molar-refractivity contribution is 9.12. The van der Waals surface area contributed by atoms with Crippen LogP contribution in [0.4, 0.5) is 0 Å². The van der Waals surface area contributed by atoms with Gasteiger partial charge in [0.1, 0.15) is 0 Å². The summed E-state index contributed by atoms with van der Waals surface area (Å²) in [5.41, 5.74) is 0.213. The van der Waals surface area contributed by atoms with Gasteiger partial charge in [-0.15, -0.1) is 11.3 Å². The van der Waals surface area contributed by atoms with Crippen LogP contribution in [0.1, 0.15) is 17.3 Å². The lowest BCUT2D eigenvalue weighted by Gasteiger charge is -2.05. The van der Waals surface area contributed by atoms with E-state index < -0.39 is 11.1 Å². The Balaban J connectivity index is 3.47. The highest BCUT2D eigenvalue weighted by atomic mass is 79.9. The van der Waals surface area contributed by atoms with Crippen LogP contribution in [0.15, 0.2) is 12.5 Å². The van der Waals surface area contributed by atoms with Crippen molar-refractivity contribution in [3.05, 3.63) is 13.1 Å². The Kier molecular flexibility index (Phi) is 3.82. The number of carbonyl (C=O) groups is 1. The molecule has 3 nitrogen and oxygen atoms in total. The van der Waals surface area contributed by atoms with Gasteiger partial charge in [-0.3, -0.25) is 9.00 Å². The Hall–Kier alpha value is 0.440. The van der Waals surface area contributed by atoms with Crippen molar-refractivity contribution in [2.75, 3.05) is 0 Å². The maximum absolute atomic E-state index is 11.1. The highest BCUT2D eigenvalue weighted by Gasteiger charge is 2.19. The van der Waals surface area contributed by atoms with E-state index in [1.54, 1.807) is 0 Å². The van der Waals surface area contributed by atoms with Crippen molar-refractivity contribution in [3.8, 4) is 0 Å². The van der Waals surface area contributed by atoms with Crippen LogP contribution in [0.5, 0.6) is 0 Å². The molecule has 0 bridgehead atoms. The van der Waals surface area contributed by atoms with Gasteiger partial charge >= 0.3 is 0 Å². The number of ketones is 1. The molecule has 1 rings (SSSR count). The fourth-order valence-corrected chi connectivity index (χ4v) is 5.27. The topological polar surface area (TPSA) is 57.2 Å². The first-order chi connectivity index (χ1) is 5.95. The Bertz CT molecular complexity index is 351. The number of carbonyl (C=O) groups excluding carboxylic acids is 1. The predicted molar refractivity (Wildman–Crippen MR) is 56.9 cm³/mol. The Labute approximate surface area is 98.1 Å². The van der Waals surface area contributed by atoms with Gasteiger partial charge in [-0.05, 0) is 49.9 Å². The van der Waals surface area contributed by atoms with E-state index in [1.807, 2.05) is 0 Å². The molecule has 1 aromatic heterocycles. The van der Waals surface area contributed by atoms with E-state index in [-0.39, 0.29) is 16.2 Å². The lowest BCUT2D eigenvalue weighted by atomic mass is 10.2. The molecule has 0 saturated heterocycles. The molecule has 1 atom stereocenters. The minimum atomic E-state index is -2.39. The Morgan fingerprint density at radius 2 is 2.00 bits per heavy atom. The average molecular weight is 347 g/mol. The molecular formula is C6H3Br2O3S2-. The standard InChI is InChI=1S/C6H4Br2O3S2/c1-2(9)3-4(13(10)11)6(8)12-5(3)7/h1H3,(H,10,11)/p-1. The zero-order chi connectivity index (χ0) is 10.2.